The summed E-state index contributed by atoms with van der Waals surface area (Å²) in [5, 5.41) is 21.7. The molecule has 0 radical (unpaired) electrons. The number of ether oxygens (including phenoxy) is 4. The van der Waals surface area contributed by atoms with E-state index < -0.39 is 46.0 Å². The molecule has 0 aliphatic rings. The molecule has 9 aromatic carbocycles. The maximum absolute atomic E-state index is 15.1. The fourth-order valence-corrected chi connectivity index (χ4v) is 7.66. The van der Waals surface area contributed by atoms with Crippen LogP contribution < -0.4 is 51.7 Å². The molecular formula is C58H44N6O10. The molecule has 2 amide bonds. The van der Waals surface area contributed by atoms with Crippen molar-refractivity contribution in [1.82, 2.24) is 0 Å². The Morgan fingerprint density at radius 1 is 0.284 bits per heavy atom. The van der Waals surface area contributed by atoms with Gasteiger partial charge in [-0.15, -0.1) is 0 Å². The highest BCUT2D eigenvalue weighted by molar-refractivity contribution is 6.20. The maximum atomic E-state index is 15.1. The van der Waals surface area contributed by atoms with Gasteiger partial charge < -0.3 is 52.1 Å². The Bertz CT molecular complexity index is 3070. The number of nitrogens with two attached hydrogens (primary N) is 4. The summed E-state index contributed by atoms with van der Waals surface area (Å²) in [4.78, 5) is 59.4. The molecule has 0 bridgehead atoms. The van der Waals surface area contributed by atoms with Crippen LogP contribution in [0.2, 0.25) is 0 Å². The van der Waals surface area contributed by atoms with E-state index in [1.807, 2.05) is 0 Å². The van der Waals surface area contributed by atoms with E-state index in [4.69, 9.17) is 41.9 Å². The van der Waals surface area contributed by atoms with Gasteiger partial charge >= 0.3 is 11.9 Å². The number of hydrogen-bond acceptors (Lipinski definition) is 12. The molecule has 9 aromatic rings. The molecule has 0 aliphatic carbocycles. The van der Waals surface area contributed by atoms with Crippen molar-refractivity contribution in [2.24, 2.45) is 0 Å². The predicted octanol–water partition coefficient (Wildman–Crippen LogP) is 12.5. The van der Waals surface area contributed by atoms with Gasteiger partial charge in [0, 0.05) is 45.5 Å². The molecule has 0 atom stereocenters. The zero-order chi connectivity index (χ0) is 51.9. The maximum Gasteiger partial charge on any atom is 0.336 e. The summed E-state index contributed by atoms with van der Waals surface area (Å²) in [5.41, 5.74) is 24.2. The van der Waals surface area contributed by atoms with Crippen LogP contribution in [-0.4, -0.2) is 34.0 Å². The highest BCUT2D eigenvalue weighted by Gasteiger charge is 2.32. The van der Waals surface area contributed by atoms with Gasteiger partial charge in [0.05, 0.1) is 22.3 Å². The largest absolute Gasteiger partial charge is 0.478 e. The molecule has 0 unspecified atom stereocenters. The second kappa shape index (κ2) is 21.1. The van der Waals surface area contributed by atoms with Gasteiger partial charge in [0.1, 0.15) is 46.0 Å². The molecule has 366 valence electrons. The van der Waals surface area contributed by atoms with Crippen LogP contribution >= 0.6 is 0 Å². The van der Waals surface area contributed by atoms with Crippen LogP contribution in [0.25, 0.3) is 0 Å². The first-order chi connectivity index (χ1) is 35.7. The number of benzene rings is 9. The quantitative estimate of drug-likeness (QED) is 0.0492. The number of carbonyl (C=O) groups is 4. The third-order valence-corrected chi connectivity index (χ3v) is 11.3. The lowest BCUT2D eigenvalue weighted by atomic mass is 9.95. The van der Waals surface area contributed by atoms with Gasteiger partial charge in [-0.3, -0.25) is 19.4 Å². The van der Waals surface area contributed by atoms with Crippen molar-refractivity contribution in [2.45, 2.75) is 0 Å². The Balaban J connectivity index is 1.10. The number of nitrogens with zero attached hydrogens (tertiary/aromatic N) is 2. The van der Waals surface area contributed by atoms with Crippen LogP contribution in [0.15, 0.2) is 206 Å². The van der Waals surface area contributed by atoms with Gasteiger partial charge in [-0.1, -0.05) is 0 Å². The third-order valence-electron chi connectivity index (χ3n) is 11.3. The smallest absolute Gasteiger partial charge is 0.336 e. The number of carbonyl (C=O) groups excluding carboxylic acids is 2. The summed E-state index contributed by atoms with van der Waals surface area (Å²) in [7, 11) is 0. The van der Waals surface area contributed by atoms with Crippen LogP contribution in [0.4, 0.5) is 45.5 Å². The second-order valence-electron chi connectivity index (χ2n) is 16.5. The van der Waals surface area contributed by atoms with Gasteiger partial charge in [-0.2, -0.15) is 0 Å². The van der Waals surface area contributed by atoms with Crippen LogP contribution in [0, 0.1) is 0 Å². The SMILES string of the molecule is Nc1ccc(Oc2ccc(N(C(=O)c3cc(C(=O)O)c(C(=O)N(c4ccc(Oc5ccc(N)cc5)cc4)c4ccc(Oc5ccc(N)cc5)cc4)cc3C(=O)O)c3ccc(Oc4ccc(N)cc4)cc3)cc2)cc1. The Labute approximate surface area is 423 Å². The Morgan fingerprint density at radius 3 is 0.635 bits per heavy atom. The van der Waals surface area contributed by atoms with E-state index in [1.54, 1.807) is 194 Å². The first kappa shape index (κ1) is 48.3. The van der Waals surface area contributed by atoms with Gasteiger partial charge in [0.15, 0.2) is 0 Å². The summed E-state index contributed by atoms with van der Waals surface area (Å²) in [6, 6.07) is 54.3. The first-order valence-corrected chi connectivity index (χ1v) is 22.6. The zero-order valence-corrected chi connectivity index (χ0v) is 39.0. The lowest BCUT2D eigenvalue weighted by molar-refractivity contribution is 0.0676. The van der Waals surface area contributed by atoms with E-state index in [9.17, 15) is 19.8 Å². The van der Waals surface area contributed by atoms with E-state index in [2.05, 4.69) is 0 Å². The number of carboxylic acids is 2. The molecule has 0 saturated heterocycles. The van der Waals surface area contributed by atoms with E-state index in [1.165, 1.54) is 9.80 Å². The van der Waals surface area contributed by atoms with E-state index >= 15 is 9.59 Å². The number of hydrogen-bond donors (Lipinski definition) is 6. The van der Waals surface area contributed by atoms with Crippen LogP contribution in [0.3, 0.4) is 0 Å². The molecule has 16 heteroatoms. The van der Waals surface area contributed by atoms with Crippen molar-refractivity contribution < 1.29 is 48.3 Å². The summed E-state index contributed by atoms with van der Waals surface area (Å²) in [5.74, 6) is -1.50. The lowest BCUT2D eigenvalue weighted by Gasteiger charge is -2.26. The molecule has 9 rings (SSSR count). The Kier molecular flexibility index (Phi) is 13.8. The number of anilines is 8. The minimum atomic E-state index is -1.61. The number of rotatable bonds is 16. The zero-order valence-electron chi connectivity index (χ0n) is 39.0. The molecular weight excluding hydrogens is 941 g/mol. The van der Waals surface area contributed by atoms with Gasteiger partial charge in [-0.25, -0.2) is 9.59 Å². The normalized spacial score (nSPS) is 10.7. The first-order valence-electron chi connectivity index (χ1n) is 22.6. The van der Waals surface area contributed by atoms with Crippen molar-refractivity contribution in [2.75, 3.05) is 32.7 Å². The molecule has 0 saturated carbocycles. The average molecular weight is 985 g/mol. The van der Waals surface area contributed by atoms with E-state index in [0.29, 0.717) is 68.7 Å². The molecule has 0 fully saturated rings. The molecule has 0 spiro atoms. The number of carboxylic acid groups (broad SMARTS) is 2. The standard InChI is InChI=1S/C58H44N6O10/c59-35-1-17-43(18-2-35)71-47-25-9-39(10-26-47)63(40-11-27-48(28-12-40)72-44-19-3-36(60)4-20-44)55(65)51-33-54(58(69)70)52(34-53(51)57(67)68)56(66)64(41-13-29-49(30-14-41)73-45-21-5-37(61)6-22-45)42-15-31-50(32-16-42)74-46-23-7-38(62)8-24-46/h1-34H,59-62H2,(H,67,68)(H,69,70). The monoisotopic (exact) mass is 984 g/mol. The van der Waals surface area contributed by atoms with Crippen molar-refractivity contribution in [1.29, 1.82) is 0 Å². The third kappa shape index (κ3) is 11.1. The van der Waals surface area contributed by atoms with E-state index in [-0.39, 0.29) is 22.7 Å². The fraction of sp³-hybridized carbons (Fsp3) is 0. The Hall–Kier alpha value is -10.7. The fourth-order valence-electron chi connectivity index (χ4n) is 7.66. The number of aromatic carboxylic acids is 2. The molecule has 0 heterocycles. The molecule has 16 nitrogen and oxygen atoms in total. The van der Waals surface area contributed by atoms with E-state index in [0.717, 1.165) is 12.1 Å². The minimum Gasteiger partial charge on any atom is -0.478 e. The summed E-state index contributed by atoms with van der Waals surface area (Å²) >= 11 is 0. The second-order valence-corrected chi connectivity index (χ2v) is 16.5. The predicted molar refractivity (Wildman–Crippen MR) is 283 cm³/mol. The summed E-state index contributed by atoms with van der Waals surface area (Å²) in [6.07, 6.45) is 0. The van der Waals surface area contributed by atoms with Crippen molar-refractivity contribution in [3.63, 3.8) is 0 Å². The summed E-state index contributed by atoms with van der Waals surface area (Å²) < 4.78 is 24.0. The number of nitrogen functional groups attached to an aromatic ring is 4. The van der Waals surface area contributed by atoms with Crippen LogP contribution in [0.5, 0.6) is 46.0 Å². The Morgan fingerprint density at radius 2 is 0.459 bits per heavy atom. The molecule has 10 N–H and O–H groups in total. The van der Waals surface area contributed by atoms with Gasteiger partial charge in [0.25, 0.3) is 11.8 Å². The van der Waals surface area contributed by atoms with Crippen molar-refractivity contribution in [3.05, 3.63) is 229 Å². The van der Waals surface area contributed by atoms with Crippen molar-refractivity contribution in [3.8, 4) is 46.0 Å². The highest BCUT2D eigenvalue weighted by Crippen LogP contribution is 2.37. The lowest BCUT2D eigenvalue weighted by Crippen LogP contribution is -2.31. The highest BCUT2D eigenvalue weighted by atomic mass is 16.5. The van der Waals surface area contributed by atoms with Crippen LogP contribution in [0.1, 0.15) is 41.4 Å². The van der Waals surface area contributed by atoms with Crippen molar-refractivity contribution >= 4 is 69.3 Å². The summed E-state index contributed by atoms with van der Waals surface area (Å²) in [6.45, 7) is 0. The topological polar surface area (TPSA) is 256 Å². The van der Waals surface area contributed by atoms with Gasteiger partial charge in [0.2, 0.25) is 0 Å². The molecule has 74 heavy (non-hydrogen) atoms. The number of amides is 2. The van der Waals surface area contributed by atoms with Gasteiger partial charge in [-0.05, 0) is 206 Å². The van der Waals surface area contributed by atoms with Crippen LogP contribution in [-0.2, 0) is 0 Å². The minimum absolute atomic E-state index is 0.249. The average Bonchev–Trinajstić information content (AvgIpc) is 3.40. The molecule has 0 aromatic heterocycles. The molecule has 0 aliphatic heterocycles.